The maximum absolute atomic E-state index is 11.6. The van der Waals surface area contributed by atoms with E-state index in [0.29, 0.717) is 16.7 Å². The molecule has 0 radical (unpaired) electrons. The van der Waals surface area contributed by atoms with Gasteiger partial charge in [-0.05, 0) is 12.1 Å². The van der Waals surface area contributed by atoms with E-state index in [1.54, 1.807) is 24.3 Å². The van der Waals surface area contributed by atoms with Crippen LogP contribution in [0.3, 0.4) is 0 Å². The number of H-pyrrole nitrogens is 1. The van der Waals surface area contributed by atoms with E-state index in [-0.39, 0.29) is 18.4 Å². The van der Waals surface area contributed by atoms with Crippen molar-refractivity contribution in [1.29, 1.82) is 0 Å². The van der Waals surface area contributed by atoms with Crippen LogP contribution in [0.15, 0.2) is 29.1 Å². The number of aliphatic carboxylic acids is 1. The largest absolute Gasteiger partial charge is 0.481 e. The predicted molar refractivity (Wildman–Crippen MR) is 69.7 cm³/mol. The maximum atomic E-state index is 11.6. The molecule has 0 spiro atoms. The zero-order valence-corrected chi connectivity index (χ0v) is 10.4. The van der Waals surface area contributed by atoms with Crippen LogP contribution in [0.25, 0.3) is 10.9 Å². The van der Waals surface area contributed by atoms with Crippen molar-refractivity contribution in [3.8, 4) is 0 Å². The third-order valence-electron chi connectivity index (χ3n) is 2.24. The van der Waals surface area contributed by atoms with Crippen molar-refractivity contribution in [1.82, 2.24) is 9.97 Å². The summed E-state index contributed by atoms with van der Waals surface area (Å²) in [4.78, 5) is 28.8. The first-order chi connectivity index (χ1) is 8.66. The topological polar surface area (TPSA) is 83.0 Å². The number of aromatic nitrogens is 2. The quantitative estimate of drug-likeness (QED) is 0.869. The minimum atomic E-state index is -0.907. The lowest BCUT2D eigenvalue weighted by molar-refractivity contribution is -0.137. The van der Waals surface area contributed by atoms with E-state index in [0.717, 1.165) is 0 Å². The van der Waals surface area contributed by atoms with Crippen LogP contribution in [0, 0.1) is 0 Å². The SMILES string of the molecule is CC.O=C(O)CCc1nc2ccccc2c(=O)[nH]1. The number of carboxylic acids is 1. The van der Waals surface area contributed by atoms with Crippen molar-refractivity contribution in [3.05, 3.63) is 40.4 Å². The minimum Gasteiger partial charge on any atom is -0.481 e. The molecule has 96 valence electrons. The zero-order valence-electron chi connectivity index (χ0n) is 10.4. The molecule has 2 N–H and O–H groups in total. The Morgan fingerprint density at radius 1 is 1.33 bits per heavy atom. The first-order valence-corrected chi connectivity index (χ1v) is 5.86. The highest BCUT2D eigenvalue weighted by Gasteiger charge is 2.04. The molecule has 0 aliphatic carbocycles. The molecule has 1 heterocycles. The fraction of sp³-hybridized carbons (Fsp3) is 0.308. The number of benzene rings is 1. The Kier molecular flexibility index (Phi) is 5.05. The molecule has 0 bridgehead atoms. The average molecular weight is 248 g/mol. The van der Waals surface area contributed by atoms with Gasteiger partial charge < -0.3 is 10.1 Å². The van der Waals surface area contributed by atoms with Gasteiger partial charge in [0.05, 0.1) is 17.3 Å². The molecule has 1 aromatic heterocycles. The molecule has 0 atom stereocenters. The van der Waals surface area contributed by atoms with Crippen LogP contribution >= 0.6 is 0 Å². The van der Waals surface area contributed by atoms with Crippen molar-refractivity contribution in [2.24, 2.45) is 0 Å². The lowest BCUT2D eigenvalue weighted by Crippen LogP contribution is -2.12. The molecule has 5 nitrogen and oxygen atoms in total. The second-order valence-electron chi connectivity index (χ2n) is 3.42. The van der Waals surface area contributed by atoms with Gasteiger partial charge in [0, 0.05) is 6.42 Å². The van der Waals surface area contributed by atoms with Gasteiger partial charge >= 0.3 is 5.97 Å². The van der Waals surface area contributed by atoms with E-state index in [1.165, 1.54) is 0 Å². The zero-order chi connectivity index (χ0) is 13.5. The van der Waals surface area contributed by atoms with Crippen molar-refractivity contribution >= 4 is 16.9 Å². The van der Waals surface area contributed by atoms with Gasteiger partial charge in [-0.15, -0.1) is 0 Å². The Hall–Kier alpha value is -2.17. The highest BCUT2D eigenvalue weighted by molar-refractivity contribution is 5.77. The molecule has 0 saturated carbocycles. The van der Waals surface area contributed by atoms with Crippen molar-refractivity contribution in [3.63, 3.8) is 0 Å². The van der Waals surface area contributed by atoms with E-state index < -0.39 is 5.97 Å². The number of nitrogens with zero attached hydrogens (tertiary/aromatic N) is 1. The molecule has 18 heavy (non-hydrogen) atoms. The standard InChI is InChI=1S/C11H10N2O3.C2H6/c14-10(15)6-5-9-12-8-4-2-1-3-7(8)11(16)13-9;1-2/h1-4H,5-6H2,(H,14,15)(H,12,13,16);1-2H3. The molecule has 0 saturated heterocycles. The molecule has 5 heteroatoms. The third-order valence-corrected chi connectivity index (χ3v) is 2.24. The van der Waals surface area contributed by atoms with Gasteiger partial charge in [-0.1, -0.05) is 26.0 Å². The summed E-state index contributed by atoms with van der Waals surface area (Å²) < 4.78 is 0. The summed E-state index contributed by atoms with van der Waals surface area (Å²) in [6, 6.07) is 6.96. The van der Waals surface area contributed by atoms with E-state index in [1.807, 2.05) is 13.8 Å². The number of carbonyl (C=O) groups is 1. The fourth-order valence-corrected chi connectivity index (χ4v) is 1.48. The van der Waals surface area contributed by atoms with Crippen LogP contribution in [-0.4, -0.2) is 21.0 Å². The van der Waals surface area contributed by atoms with Gasteiger partial charge in [0.25, 0.3) is 5.56 Å². The molecule has 2 rings (SSSR count). The monoisotopic (exact) mass is 248 g/mol. The summed E-state index contributed by atoms with van der Waals surface area (Å²) in [7, 11) is 0. The molecule has 0 aliphatic rings. The Balaban J connectivity index is 0.000000771. The van der Waals surface area contributed by atoms with Crippen molar-refractivity contribution in [2.45, 2.75) is 26.7 Å². The van der Waals surface area contributed by atoms with Crippen LogP contribution in [0.5, 0.6) is 0 Å². The van der Waals surface area contributed by atoms with Gasteiger partial charge in [0.15, 0.2) is 0 Å². The summed E-state index contributed by atoms with van der Waals surface area (Å²) in [6.45, 7) is 4.00. The van der Waals surface area contributed by atoms with Crippen LogP contribution in [-0.2, 0) is 11.2 Å². The molecular weight excluding hydrogens is 232 g/mol. The number of para-hydroxylation sites is 1. The predicted octanol–water partition coefficient (Wildman–Crippen LogP) is 1.97. The number of fused-ring (bicyclic) bond motifs is 1. The second-order valence-corrected chi connectivity index (χ2v) is 3.42. The highest BCUT2D eigenvalue weighted by Crippen LogP contribution is 2.06. The molecule has 0 aliphatic heterocycles. The van der Waals surface area contributed by atoms with Gasteiger partial charge in [0.2, 0.25) is 0 Å². The Morgan fingerprint density at radius 3 is 2.67 bits per heavy atom. The van der Waals surface area contributed by atoms with Crippen LogP contribution in [0.4, 0.5) is 0 Å². The lowest BCUT2D eigenvalue weighted by Gasteiger charge is -2.00. The molecule has 0 unspecified atom stereocenters. The van der Waals surface area contributed by atoms with Crippen LogP contribution in [0.1, 0.15) is 26.1 Å². The summed E-state index contributed by atoms with van der Waals surface area (Å²) in [5.41, 5.74) is 0.359. The smallest absolute Gasteiger partial charge is 0.303 e. The van der Waals surface area contributed by atoms with Gasteiger partial charge in [0.1, 0.15) is 5.82 Å². The van der Waals surface area contributed by atoms with Crippen molar-refractivity contribution < 1.29 is 9.90 Å². The van der Waals surface area contributed by atoms with Gasteiger partial charge in [-0.3, -0.25) is 9.59 Å². The van der Waals surface area contributed by atoms with Gasteiger partial charge in [-0.2, -0.15) is 0 Å². The molecule has 1 aromatic carbocycles. The molecular formula is C13H16N2O3. The number of nitrogens with one attached hydrogen (secondary N) is 1. The van der Waals surface area contributed by atoms with Crippen LogP contribution < -0.4 is 5.56 Å². The van der Waals surface area contributed by atoms with Crippen molar-refractivity contribution in [2.75, 3.05) is 0 Å². The van der Waals surface area contributed by atoms with Gasteiger partial charge in [-0.25, -0.2) is 4.98 Å². The van der Waals surface area contributed by atoms with Crippen LogP contribution in [0.2, 0.25) is 0 Å². The number of aryl methyl sites for hydroxylation is 1. The first kappa shape index (κ1) is 13.9. The number of carboxylic acid groups (broad SMARTS) is 1. The van der Waals surface area contributed by atoms with E-state index >= 15 is 0 Å². The Morgan fingerprint density at radius 2 is 2.00 bits per heavy atom. The molecule has 2 aromatic rings. The molecule has 0 amide bonds. The summed E-state index contributed by atoms with van der Waals surface area (Å²) in [6.07, 6.45) is 0.191. The minimum absolute atomic E-state index is 0.0404. The Bertz CT molecular complexity index is 590. The van der Waals surface area contributed by atoms with E-state index in [4.69, 9.17) is 5.11 Å². The fourth-order valence-electron chi connectivity index (χ4n) is 1.48. The van der Waals surface area contributed by atoms with E-state index in [2.05, 4.69) is 9.97 Å². The summed E-state index contributed by atoms with van der Waals surface area (Å²) in [5, 5.41) is 9.05. The van der Waals surface area contributed by atoms with E-state index in [9.17, 15) is 9.59 Å². The first-order valence-electron chi connectivity index (χ1n) is 5.86. The Labute approximate surface area is 105 Å². The number of hydrogen-bond donors (Lipinski definition) is 2. The average Bonchev–Trinajstić information content (AvgIpc) is 2.39. The summed E-state index contributed by atoms with van der Waals surface area (Å²) >= 11 is 0. The normalized spacial score (nSPS) is 9.67. The second kappa shape index (κ2) is 6.54. The lowest BCUT2D eigenvalue weighted by atomic mass is 10.2. The molecule has 0 fully saturated rings. The number of rotatable bonds is 3. The third kappa shape index (κ3) is 3.41. The summed E-state index contributed by atoms with van der Waals surface area (Å²) in [5.74, 6) is -0.498. The highest BCUT2D eigenvalue weighted by atomic mass is 16.4. The maximum Gasteiger partial charge on any atom is 0.303 e. The number of aromatic amines is 1. The number of hydrogen-bond acceptors (Lipinski definition) is 3.